The zero-order chi connectivity index (χ0) is 8.97. The van der Waals surface area contributed by atoms with E-state index in [9.17, 15) is 0 Å². The Labute approximate surface area is 76.2 Å². The Bertz CT molecular complexity index is 142. The van der Waals surface area contributed by atoms with Crippen LogP contribution in [0.1, 0.15) is 39.5 Å². The number of rotatable bonds is 3. The highest BCUT2D eigenvalue weighted by Crippen LogP contribution is 2.23. The minimum Gasteiger partial charge on any atom is -0.308 e. The summed E-state index contributed by atoms with van der Waals surface area (Å²) >= 11 is 0. The number of hydrogen-bond donors (Lipinski definition) is 1. The van der Waals surface area contributed by atoms with E-state index in [-0.39, 0.29) is 0 Å². The van der Waals surface area contributed by atoms with Gasteiger partial charge in [0.25, 0.3) is 0 Å². The molecule has 0 aliphatic heterocycles. The fourth-order valence-electron chi connectivity index (χ4n) is 2.03. The summed E-state index contributed by atoms with van der Waals surface area (Å²) in [5.41, 5.74) is 0. The van der Waals surface area contributed by atoms with E-state index in [4.69, 9.17) is 0 Å². The van der Waals surface area contributed by atoms with Gasteiger partial charge < -0.3 is 5.32 Å². The number of hydrogen-bond acceptors (Lipinski definition) is 1. The van der Waals surface area contributed by atoms with Crippen LogP contribution in [-0.2, 0) is 0 Å². The Kier molecular flexibility index (Phi) is 3.80. The van der Waals surface area contributed by atoms with Crippen molar-refractivity contribution in [3.8, 4) is 0 Å². The predicted octanol–water partition coefficient (Wildman–Crippen LogP) is 2.73. The highest BCUT2D eigenvalue weighted by Gasteiger charge is 2.18. The van der Waals surface area contributed by atoms with Gasteiger partial charge >= 0.3 is 0 Å². The Morgan fingerprint density at radius 2 is 2.25 bits per heavy atom. The average Bonchev–Trinajstić information content (AvgIpc) is 2.04. The van der Waals surface area contributed by atoms with Gasteiger partial charge in [-0.2, -0.15) is 0 Å². The average molecular weight is 167 g/mol. The second kappa shape index (κ2) is 4.66. The molecule has 1 heteroatoms. The molecular formula is C11H21N. The van der Waals surface area contributed by atoms with Crippen molar-refractivity contribution < 1.29 is 0 Å². The molecule has 1 rings (SSSR count). The van der Waals surface area contributed by atoms with Crippen LogP contribution in [0.3, 0.4) is 0 Å². The van der Waals surface area contributed by atoms with Crippen LogP contribution >= 0.6 is 0 Å². The van der Waals surface area contributed by atoms with Crippen molar-refractivity contribution in [2.24, 2.45) is 5.92 Å². The topological polar surface area (TPSA) is 12.0 Å². The first kappa shape index (κ1) is 9.79. The van der Waals surface area contributed by atoms with Gasteiger partial charge in [-0.05, 0) is 25.7 Å². The fourth-order valence-corrected chi connectivity index (χ4v) is 2.03. The minimum absolute atomic E-state index is 0.472. The van der Waals surface area contributed by atoms with Gasteiger partial charge in [0.1, 0.15) is 0 Å². The largest absolute Gasteiger partial charge is 0.308 e. The zero-order valence-corrected chi connectivity index (χ0v) is 8.34. The molecule has 0 aromatic rings. The number of nitrogens with one attached hydrogen (secondary N) is 1. The molecule has 1 nitrogen and oxygen atoms in total. The van der Waals surface area contributed by atoms with E-state index in [1.165, 1.54) is 25.7 Å². The summed E-state index contributed by atoms with van der Waals surface area (Å²) in [6.45, 7) is 8.31. The van der Waals surface area contributed by atoms with Gasteiger partial charge in [0.15, 0.2) is 0 Å². The highest BCUT2D eigenvalue weighted by molar-refractivity contribution is 4.86. The van der Waals surface area contributed by atoms with E-state index in [0.29, 0.717) is 6.04 Å². The van der Waals surface area contributed by atoms with Gasteiger partial charge in [-0.1, -0.05) is 25.8 Å². The maximum absolute atomic E-state index is 3.78. The van der Waals surface area contributed by atoms with Crippen LogP contribution in [0.15, 0.2) is 12.7 Å². The maximum atomic E-state index is 3.78. The van der Waals surface area contributed by atoms with Crippen molar-refractivity contribution in [1.82, 2.24) is 5.32 Å². The van der Waals surface area contributed by atoms with Crippen LogP contribution in [0, 0.1) is 5.92 Å². The van der Waals surface area contributed by atoms with Crippen LogP contribution in [-0.4, -0.2) is 12.1 Å². The summed E-state index contributed by atoms with van der Waals surface area (Å²) < 4.78 is 0. The van der Waals surface area contributed by atoms with Crippen molar-refractivity contribution in [1.29, 1.82) is 0 Å². The second-order valence-corrected chi connectivity index (χ2v) is 4.16. The Hall–Kier alpha value is -0.300. The van der Waals surface area contributed by atoms with Crippen molar-refractivity contribution >= 4 is 0 Å². The molecule has 0 radical (unpaired) electrons. The Balaban J connectivity index is 2.26. The molecule has 12 heavy (non-hydrogen) atoms. The molecule has 70 valence electrons. The molecule has 0 aromatic heterocycles. The summed E-state index contributed by atoms with van der Waals surface area (Å²) in [5.74, 6) is 0.910. The molecule has 1 aliphatic carbocycles. The van der Waals surface area contributed by atoms with Gasteiger partial charge in [-0.15, -0.1) is 6.58 Å². The van der Waals surface area contributed by atoms with E-state index in [0.717, 1.165) is 12.0 Å². The van der Waals surface area contributed by atoms with Crippen molar-refractivity contribution in [3.05, 3.63) is 12.7 Å². The summed E-state index contributed by atoms with van der Waals surface area (Å²) in [6.07, 6.45) is 7.49. The molecule has 0 spiro atoms. The standard InChI is InChI=1S/C11H21N/c1-4-10(3)12-11-7-5-6-9(2)8-11/h4,9-12H,1,5-8H2,2-3H3. The van der Waals surface area contributed by atoms with Crippen LogP contribution in [0.4, 0.5) is 0 Å². The summed E-state index contributed by atoms with van der Waals surface area (Å²) in [4.78, 5) is 0. The molecule has 1 N–H and O–H groups in total. The lowest BCUT2D eigenvalue weighted by atomic mass is 9.87. The first-order valence-corrected chi connectivity index (χ1v) is 5.11. The molecule has 0 amide bonds. The molecule has 0 heterocycles. The smallest absolute Gasteiger partial charge is 0.0221 e. The van der Waals surface area contributed by atoms with Crippen molar-refractivity contribution in [2.75, 3.05) is 0 Å². The molecule has 1 fully saturated rings. The lowest BCUT2D eigenvalue weighted by Gasteiger charge is -2.29. The summed E-state index contributed by atoms with van der Waals surface area (Å²) in [5, 5.41) is 3.58. The van der Waals surface area contributed by atoms with Crippen LogP contribution in [0.5, 0.6) is 0 Å². The lowest BCUT2D eigenvalue weighted by Crippen LogP contribution is -2.38. The maximum Gasteiger partial charge on any atom is 0.0221 e. The molecule has 3 atom stereocenters. The second-order valence-electron chi connectivity index (χ2n) is 4.16. The third-order valence-corrected chi connectivity index (χ3v) is 2.79. The predicted molar refractivity (Wildman–Crippen MR) is 54.2 cm³/mol. The quantitative estimate of drug-likeness (QED) is 0.637. The van der Waals surface area contributed by atoms with Crippen LogP contribution < -0.4 is 5.32 Å². The first-order chi connectivity index (χ1) is 5.72. The van der Waals surface area contributed by atoms with E-state index >= 15 is 0 Å². The summed E-state index contributed by atoms with van der Waals surface area (Å²) in [6, 6.07) is 1.21. The van der Waals surface area contributed by atoms with E-state index in [1.54, 1.807) is 0 Å². The van der Waals surface area contributed by atoms with E-state index in [2.05, 4.69) is 25.7 Å². The zero-order valence-electron chi connectivity index (χ0n) is 8.34. The molecule has 0 bridgehead atoms. The van der Waals surface area contributed by atoms with Crippen LogP contribution in [0.2, 0.25) is 0 Å². The van der Waals surface area contributed by atoms with Crippen molar-refractivity contribution in [2.45, 2.75) is 51.6 Å². The molecular weight excluding hydrogens is 146 g/mol. The fraction of sp³-hybridized carbons (Fsp3) is 0.818. The van der Waals surface area contributed by atoms with Crippen molar-refractivity contribution in [3.63, 3.8) is 0 Å². The Morgan fingerprint density at radius 3 is 2.83 bits per heavy atom. The molecule has 1 saturated carbocycles. The lowest BCUT2D eigenvalue weighted by molar-refractivity contribution is 0.294. The third kappa shape index (κ3) is 2.98. The third-order valence-electron chi connectivity index (χ3n) is 2.79. The summed E-state index contributed by atoms with van der Waals surface area (Å²) in [7, 11) is 0. The van der Waals surface area contributed by atoms with Gasteiger partial charge in [0.05, 0.1) is 0 Å². The van der Waals surface area contributed by atoms with Gasteiger partial charge in [-0.3, -0.25) is 0 Å². The minimum atomic E-state index is 0.472. The van der Waals surface area contributed by atoms with E-state index in [1.807, 2.05) is 6.08 Å². The molecule has 3 unspecified atom stereocenters. The Morgan fingerprint density at radius 1 is 1.50 bits per heavy atom. The van der Waals surface area contributed by atoms with Gasteiger partial charge in [0, 0.05) is 12.1 Å². The van der Waals surface area contributed by atoms with Crippen LogP contribution in [0.25, 0.3) is 0 Å². The molecule has 0 saturated heterocycles. The molecule has 1 aliphatic rings. The van der Waals surface area contributed by atoms with Gasteiger partial charge in [-0.25, -0.2) is 0 Å². The normalized spacial score (nSPS) is 32.8. The first-order valence-electron chi connectivity index (χ1n) is 5.11. The monoisotopic (exact) mass is 167 g/mol. The molecule has 0 aromatic carbocycles. The van der Waals surface area contributed by atoms with E-state index < -0.39 is 0 Å². The highest BCUT2D eigenvalue weighted by atomic mass is 14.9. The SMILES string of the molecule is C=CC(C)NC1CCCC(C)C1. The van der Waals surface area contributed by atoms with Gasteiger partial charge in [0.2, 0.25) is 0 Å².